The van der Waals surface area contributed by atoms with E-state index in [4.69, 9.17) is 25.2 Å². The molecule has 0 bridgehead atoms. The molecule has 0 aliphatic rings. The van der Waals surface area contributed by atoms with Crippen LogP contribution in [-0.2, 0) is 14.2 Å². The third-order valence-corrected chi connectivity index (χ3v) is 2.57. The van der Waals surface area contributed by atoms with Crippen molar-refractivity contribution in [2.24, 2.45) is 5.73 Å². The highest BCUT2D eigenvalue weighted by Crippen LogP contribution is 2.12. The van der Waals surface area contributed by atoms with E-state index in [0.29, 0.717) is 45.9 Å². The zero-order valence-electron chi connectivity index (χ0n) is 10.9. The monoisotopic (exact) mass is 244 g/mol. The van der Waals surface area contributed by atoms with Crippen LogP contribution in [0.4, 0.5) is 0 Å². The normalized spacial score (nSPS) is 14.2. The predicted molar refractivity (Wildman–Crippen MR) is 65.6 cm³/mol. The van der Waals surface area contributed by atoms with Gasteiger partial charge in [0, 0.05) is 13.7 Å². The molecule has 0 radical (unpaired) electrons. The van der Waals surface area contributed by atoms with Gasteiger partial charge in [-0.15, -0.1) is 0 Å². The Kier molecular flexibility index (Phi) is 10.1. The van der Waals surface area contributed by atoms with Crippen LogP contribution in [0.5, 0.6) is 0 Å². The Morgan fingerprint density at radius 2 is 1.71 bits per heavy atom. The highest BCUT2D eigenvalue weighted by Gasteiger charge is 2.20. The van der Waals surface area contributed by atoms with Gasteiger partial charge in [-0.2, -0.15) is 5.26 Å². The van der Waals surface area contributed by atoms with Gasteiger partial charge in [0.2, 0.25) is 0 Å². The summed E-state index contributed by atoms with van der Waals surface area (Å²) in [6.07, 6.45) is 2.14. The van der Waals surface area contributed by atoms with Crippen molar-refractivity contribution in [3.63, 3.8) is 0 Å². The maximum Gasteiger partial charge on any atom is 0.104 e. The molecule has 2 N–H and O–H groups in total. The Morgan fingerprint density at radius 3 is 2.24 bits per heavy atom. The van der Waals surface area contributed by atoms with Crippen molar-refractivity contribution >= 4 is 0 Å². The standard InChI is InChI=1S/C12H24N2O3/c1-3-12(14,11-13)5-4-6-16-9-10-17-8-7-15-2/h3-10,14H2,1-2H3. The Balaban J connectivity index is 3.27. The molecule has 1 atom stereocenters. The van der Waals surface area contributed by atoms with Gasteiger partial charge in [-0.3, -0.25) is 0 Å². The lowest BCUT2D eigenvalue weighted by atomic mass is 9.94. The molecule has 0 saturated heterocycles. The lowest BCUT2D eigenvalue weighted by Crippen LogP contribution is -2.37. The van der Waals surface area contributed by atoms with Crippen molar-refractivity contribution in [1.29, 1.82) is 5.26 Å². The number of methoxy groups -OCH3 is 1. The first-order chi connectivity index (χ1) is 8.18. The van der Waals surface area contributed by atoms with Gasteiger partial charge in [-0.1, -0.05) is 6.92 Å². The lowest BCUT2D eigenvalue weighted by molar-refractivity contribution is 0.0234. The number of nitriles is 1. The first kappa shape index (κ1) is 16.3. The molecule has 0 aromatic rings. The van der Waals surface area contributed by atoms with E-state index in [1.54, 1.807) is 7.11 Å². The summed E-state index contributed by atoms with van der Waals surface area (Å²) in [4.78, 5) is 0. The molecule has 0 saturated carbocycles. The van der Waals surface area contributed by atoms with Gasteiger partial charge in [-0.05, 0) is 19.3 Å². The molecule has 0 aromatic carbocycles. The van der Waals surface area contributed by atoms with Crippen molar-refractivity contribution in [3.8, 4) is 6.07 Å². The van der Waals surface area contributed by atoms with Crippen LogP contribution in [0.3, 0.4) is 0 Å². The fourth-order valence-electron chi connectivity index (χ4n) is 1.27. The first-order valence-electron chi connectivity index (χ1n) is 6.03. The van der Waals surface area contributed by atoms with E-state index in [2.05, 4.69) is 6.07 Å². The van der Waals surface area contributed by atoms with E-state index in [-0.39, 0.29) is 0 Å². The third kappa shape index (κ3) is 9.07. The molecule has 0 aliphatic carbocycles. The average Bonchev–Trinajstić information content (AvgIpc) is 2.36. The van der Waals surface area contributed by atoms with E-state index in [1.165, 1.54) is 0 Å². The summed E-state index contributed by atoms with van der Waals surface area (Å²) in [6.45, 7) is 4.88. The zero-order valence-corrected chi connectivity index (χ0v) is 10.9. The van der Waals surface area contributed by atoms with Gasteiger partial charge >= 0.3 is 0 Å². The van der Waals surface area contributed by atoms with Crippen LogP contribution in [0.2, 0.25) is 0 Å². The minimum atomic E-state index is -0.696. The molecule has 0 aromatic heterocycles. The topological polar surface area (TPSA) is 77.5 Å². The van der Waals surface area contributed by atoms with Gasteiger partial charge in [0.25, 0.3) is 0 Å². The molecule has 5 nitrogen and oxygen atoms in total. The highest BCUT2D eigenvalue weighted by atomic mass is 16.5. The van der Waals surface area contributed by atoms with Crippen molar-refractivity contribution < 1.29 is 14.2 Å². The van der Waals surface area contributed by atoms with Crippen molar-refractivity contribution in [2.75, 3.05) is 40.1 Å². The van der Waals surface area contributed by atoms with Gasteiger partial charge < -0.3 is 19.9 Å². The molecule has 0 rings (SSSR count). The molecule has 0 aliphatic heterocycles. The van der Waals surface area contributed by atoms with E-state index < -0.39 is 5.54 Å². The summed E-state index contributed by atoms with van der Waals surface area (Å²) >= 11 is 0. The summed E-state index contributed by atoms with van der Waals surface area (Å²) in [5, 5.41) is 8.86. The second-order valence-corrected chi connectivity index (χ2v) is 3.94. The van der Waals surface area contributed by atoms with Crippen LogP contribution in [-0.4, -0.2) is 45.7 Å². The fourth-order valence-corrected chi connectivity index (χ4v) is 1.27. The summed E-state index contributed by atoms with van der Waals surface area (Å²) < 4.78 is 15.4. The quantitative estimate of drug-likeness (QED) is 0.550. The Morgan fingerprint density at radius 1 is 1.12 bits per heavy atom. The van der Waals surface area contributed by atoms with Crippen LogP contribution >= 0.6 is 0 Å². The number of hydrogen-bond acceptors (Lipinski definition) is 5. The summed E-state index contributed by atoms with van der Waals surface area (Å²) in [7, 11) is 1.64. The first-order valence-corrected chi connectivity index (χ1v) is 6.03. The zero-order chi connectivity index (χ0) is 13.0. The van der Waals surface area contributed by atoms with Crippen LogP contribution in [0.25, 0.3) is 0 Å². The van der Waals surface area contributed by atoms with Crippen LogP contribution in [0.15, 0.2) is 0 Å². The summed E-state index contributed by atoms with van der Waals surface area (Å²) in [5.74, 6) is 0. The van der Waals surface area contributed by atoms with Gasteiger partial charge in [-0.25, -0.2) is 0 Å². The lowest BCUT2D eigenvalue weighted by Gasteiger charge is -2.18. The van der Waals surface area contributed by atoms with Crippen molar-refractivity contribution in [1.82, 2.24) is 0 Å². The third-order valence-electron chi connectivity index (χ3n) is 2.57. The van der Waals surface area contributed by atoms with Crippen molar-refractivity contribution in [2.45, 2.75) is 31.7 Å². The van der Waals surface area contributed by atoms with E-state index >= 15 is 0 Å². The van der Waals surface area contributed by atoms with Crippen LogP contribution in [0.1, 0.15) is 26.2 Å². The number of nitrogens with zero attached hydrogens (tertiary/aromatic N) is 1. The molecule has 1 unspecified atom stereocenters. The second kappa shape index (κ2) is 10.5. The molecular weight excluding hydrogens is 220 g/mol. The highest BCUT2D eigenvalue weighted by molar-refractivity contribution is 5.03. The Hall–Kier alpha value is -0.670. The largest absolute Gasteiger partial charge is 0.382 e. The molecule has 0 heterocycles. The molecule has 17 heavy (non-hydrogen) atoms. The number of ether oxygens (including phenoxy) is 3. The SMILES string of the molecule is CCC(N)(C#N)CCCOCCOCCOC. The predicted octanol–water partition coefficient (Wildman–Crippen LogP) is 1.08. The second-order valence-electron chi connectivity index (χ2n) is 3.94. The van der Waals surface area contributed by atoms with E-state index in [1.807, 2.05) is 6.92 Å². The Bertz CT molecular complexity index is 218. The maximum absolute atomic E-state index is 8.86. The maximum atomic E-state index is 8.86. The van der Waals surface area contributed by atoms with E-state index in [9.17, 15) is 0 Å². The summed E-state index contributed by atoms with van der Waals surface area (Å²) in [5.41, 5.74) is 5.14. The average molecular weight is 244 g/mol. The van der Waals surface area contributed by atoms with E-state index in [0.717, 1.165) is 6.42 Å². The molecule has 100 valence electrons. The molecule has 0 amide bonds. The van der Waals surface area contributed by atoms with Gasteiger partial charge in [0.1, 0.15) is 5.54 Å². The molecule has 0 fully saturated rings. The number of nitrogens with two attached hydrogens (primary N) is 1. The van der Waals surface area contributed by atoms with Gasteiger partial charge in [0.05, 0.1) is 32.5 Å². The Labute approximate surface area is 104 Å². The number of rotatable bonds is 11. The fraction of sp³-hybridized carbons (Fsp3) is 0.917. The number of hydrogen-bond donors (Lipinski definition) is 1. The molecule has 0 spiro atoms. The summed E-state index contributed by atoms with van der Waals surface area (Å²) in [6, 6.07) is 2.14. The smallest absolute Gasteiger partial charge is 0.104 e. The minimum absolute atomic E-state index is 0.569. The van der Waals surface area contributed by atoms with Crippen molar-refractivity contribution in [3.05, 3.63) is 0 Å². The van der Waals surface area contributed by atoms with Crippen LogP contribution in [0, 0.1) is 11.3 Å². The van der Waals surface area contributed by atoms with Gasteiger partial charge in [0.15, 0.2) is 0 Å². The van der Waals surface area contributed by atoms with Crippen LogP contribution < -0.4 is 5.73 Å². The minimum Gasteiger partial charge on any atom is -0.382 e. The molecule has 5 heteroatoms. The molecular formula is C12H24N2O3.